The number of hydrogen-bond acceptors (Lipinski definition) is 4. The Labute approximate surface area is 133 Å². The van der Waals surface area contributed by atoms with E-state index >= 15 is 0 Å². The standard InChI is InChI=1S/C16H20N2O3S/c19-15(11-1-2-11)17-5-3-13-14(9-17)21-7-6-18(16(13)20)12-4-8-22-10-12/h4,8,10-11,13-14H,1-3,5-7,9H2/t13-,14+/m1/s1. The normalized spacial score (nSPS) is 29.2. The van der Waals surface area contributed by atoms with Crippen LogP contribution in [0.3, 0.4) is 0 Å². The second-order valence-corrected chi connectivity index (χ2v) is 7.11. The summed E-state index contributed by atoms with van der Waals surface area (Å²) in [5.41, 5.74) is 0.968. The molecule has 0 aromatic carbocycles. The van der Waals surface area contributed by atoms with Crippen LogP contribution in [0, 0.1) is 11.8 Å². The zero-order chi connectivity index (χ0) is 15.1. The molecular weight excluding hydrogens is 300 g/mol. The Morgan fingerprint density at radius 2 is 2.14 bits per heavy atom. The van der Waals surface area contributed by atoms with Crippen LogP contribution in [-0.4, -0.2) is 49.1 Å². The van der Waals surface area contributed by atoms with E-state index in [2.05, 4.69) is 0 Å². The molecule has 3 aliphatic rings. The minimum Gasteiger partial charge on any atom is -0.374 e. The SMILES string of the molecule is O=C(C1CC1)N1CC[C@H]2C(=O)N(c3ccsc3)CCO[C@H]2C1. The lowest BCUT2D eigenvalue weighted by atomic mass is 9.92. The Morgan fingerprint density at radius 3 is 2.86 bits per heavy atom. The van der Waals surface area contributed by atoms with Crippen molar-refractivity contribution in [2.24, 2.45) is 11.8 Å². The zero-order valence-corrected chi connectivity index (χ0v) is 13.3. The van der Waals surface area contributed by atoms with E-state index < -0.39 is 0 Å². The van der Waals surface area contributed by atoms with Gasteiger partial charge in [0.05, 0.1) is 24.3 Å². The minimum absolute atomic E-state index is 0.120. The number of rotatable bonds is 2. The number of anilines is 1. The van der Waals surface area contributed by atoms with Gasteiger partial charge in [-0.05, 0) is 30.7 Å². The highest BCUT2D eigenvalue weighted by atomic mass is 32.1. The minimum atomic E-state index is -0.146. The molecule has 22 heavy (non-hydrogen) atoms. The molecule has 1 aromatic heterocycles. The second-order valence-electron chi connectivity index (χ2n) is 6.33. The van der Waals surface area contributed by atoms with Gasteiger partial charge in [0.2, 0.25) is 11.8 Å². The number of carbonyl (C=O) groups excluding carboxylic acids is 2. The van der Waals surface area contributed by atoms with E-state index in [1.807, 2.05) is 26.6 Å². The van der Waals surface area contributed by atoms with Crippen LogP contribution < -0.4 is 4.90 Å². The van der Waals surface area contributed by atoms with Crippen LogP contribution in [0.4, 0.5) is 5.69 Å². The monoisotopic (exact) mass is 320 g/mol. The molecule has 2 atom stereocenters. The van der Waals surface area contributed by atoms with Crippen LogP contribution in [0.2, 0.25) is 0 Å². The van der Waals surface area contributed by atoms with Gasteiger partial charge in [0.25, 0.3) is 0 Å². The van der Waals surface area contributed by atoms with E-state index in [0.29, 0.717) is 32.7 Å². The van der Waals surface area contributed by atoms with Crippen LogP contribution >= 0.6 is 11.3 Å². The molecule has 1 aromatic rings. The lowest BCUT2D eigenvalue weighted by Crippen LogP contribution is -2.51. The van der Waals surface area contributed by atoms with Crippen molar-refractivity contribution in [3.63, 3.8) is 0 Å². The highest BCUT2D eigenvalue weighted by Gasteiger charge is 2.43. The third-order valence-electron chi connectivity index (χ3n) is 4.85. The third kappa shape index (κ3) is 2.54. The van der Waals surface area contributed by atoms with Crippen molar-refractivity contribution in [1.82, 2.24) is 4.90 Å². The van der Waals surface area contributed by atoms with Crippen molar-refractivity contribution < 1.29 is 14.3 Å². The van der Waals surface area contributed by atoms with Crippen LogP contribution in [0.5, 0.6) is 0 Å². The fourth-order valence-corrected chi connectivity index (χ4v) is 4.07. The average Bonchev–Trinajstić information content (AvgIpc) is 3.28. The Balaban J connectivity index is 1.49. The maximum Gasteiger partial charge on any atom is 0.232 e. The number of thiophene rings is 1. The molecule has 0 spiro atoms. The fraction of sp³-hybridized carbons (Fsp3) is 0.625. The first kappa shape index (κ1) is 14.2. The van der Waals surface area contributed by atoms with Crippen molar-refractivity contribution >= 4 is 28.8 Å². The Kier molecular flexibility index (Phi) is 3.66. The summed E-state index contributed by atoms with van der Waals surface area (Å²) in [5, 5.41) is 3.99. The van der Waals surface area contributed by atoms with Gasteiger partial charge in [-0.1, -0.05) is 0 Å². The Morgan fingerprint density at radius 1 is 1.27 bits per heavy atom. The third-order valence-corrected chi connectivity index (χ3v) is 5.52. The molecule has 4 rings (SSSR count). The van der Waals surface area contributed by atoms with Crippen LogP contribution in [0.1, 0.15) is 19.3 Å². The number of ether oxygens (including phenoxy) is 1. The molecule has 6 heteroatoms. The molecule has 1 aliphatic carbocycles. The summed E-state index contributed by atoms with van der Waals surface area (Å²) in [7, 11) is 0. The number of likely N-dealkylation sites (tertiary alicyclic amines) is 1. The predicted molar refractivity (Wildman–Crippen MR) is 83.8 cm³/mol. The lowest BCUT2D eigenvalue weighted by molar-refractivity contribution is -0.142. The number of nitrogens with zero attached hydrogens (tertiary/aromatic N) is 2. The molecular formula is C16H20N2O3S. The molecule has 2 saturated heterocycles. The van der Waals surface area contributed by atoms with E-state index in [4.69, 9.17) is 4.74 Å². The topological polar surface area (TPSA) is 49.9 Å². The van der Waals surface area contributed by atoms with Gasteiger partial charge in [-0.15, -0.1) is 0 Å². The Bertz CT molecular complexity index is 570. The van der Waals surface area contributed by atoms with Crippen molar-refractivity contribution in [3.05, 3.63) is 16.8 Å². The number of piperidine rings is 1. The Hall–Kier alpha value is -1.40. The maximum absolute atomic E-state index is 12.8. The van der Waals surface area contributed by atoms with Gasteiger partial charge in [-0.25, -0.2) is 0 Å². The van der Waals surface area contributed by atoms with Gasteiger partial charge in [0, 0.05) is 30.9 Å². The number of fused-ring (bicyclic) bond motifs is 1. The van der Waals surface area contributed by atoms with Crippen molar-refractivity contribution in [2.75, 3.05) is 31.1 Å². The summed E-state index contributed by atoms with van der Waals surface area (Å²) in [6.07, 6.45) is 2.61. The quantitative estimate of drug-likeness (QED) is 0.834. The van der Waals surface area contributed by atoms with Crippen molar-refractivity contribution in [3.8, 4) is 0 Å². The predicted octanol–water partition coefficient (Wildman–Crippen LogP) is 1.74. The van der Waals surface area contributed by atoms with E-state index in [1.54, 1.807) is 11.3 Å². The van der Waals surface area contributed by atoms with Gasteiger partial charge in [0.15, 0.2) is 0 Å². The summed E-state index contributed by atoms with van der Waals surface area (Å²) in [5.74, 6) is 0.527. The molecule has 118 valence electrons. The number of carbonyl (C=O) groups is 2. The molecule has 3 heterocycles. The molecule has 0 N–H and O–H groups in total. The molecule has 2 aliphatic heterocycles. The van der Waals surface area contributed by atoms with Crippen LogP contribution in [0.15, 0.2) is 16.8 Å². The molecule has 0 radical (unpaired) electrons. The molecule has 0 unspecified atom stereocenters. The lowest BCUT2D eigenvalue weighted by Gasteiger charge is -2.37. The smallest absolute Gasteiger partial charge is 0.232 e. The second kappa shape index (κ2) is 5.66. The average molecular weight is 320 g/mol. The van der Waals surface area contributed by atoms with E-state index in [9.17, 15) is 9.59 Å². The van der Waals surface area contributed by atoms with E-state index in [-0.39, 0.29) is 29.8 Å². The van der Waals surface area contributed by atoms with Gasteiger partial charge in [-0.3, -0.25) is 9.59 Å². The summed E-state index contributed by atoms with van der Waals surface area (Å²) in [6, 6.07) is 1.98. The highest BCUT2D eigenvalue weighted by molar-refractivity contribution is 7.08. The van der Waals surface area contributed by atoms with E-state index in [1.165, 1.54) is 0 Å². The molecule has 3 fully saturated rings. The molecule has 1 saturated carbocycles. The number of hydrogen-bond donors (Lipinski definition) is 0. The van der Waals surface area contributed by atoms with Crippen LogP contribution in [-0.2, 0) is 14.3 Å². The summed E-state index contributed by atoms with van der Waals surface area (Å²) in [6.45, 7) is 2.39. The zero-order valence-electron chi connectivity index (χ0n) is 12.4. The van der Waals surface area contributed by atoms with Gasteiger partial charge in [-0.2, -0.15) is 11.3 Å². The van der Waals surface area contributed by atoms with Crippen molar-refractivity contribution in [1.29, 1.82) is 0 Å². The molecule has 0 bridgehead atoms. The first-order valence-corrected chi connectivity index (χ1v) is 8.92. The maximum atomic E-state index is 12.8. The number of amides is 2. The van der Waals surface area contributed by atoms with Crippen LogP contribution in [0.25, 0.3) is 0 Å². The first-order valence-electron chi connectivity index (χ1n) is 7.98. The summed E-state index contributed by atoms with van der Waals surface area (Å²) in [4.78, 5) is 28.8. The first-order chi connectivity index (χ1) is 10.7. The highest BCUT2D eigenvalue weighted by Crippen LogP contribution is 2.34. The van der Waals surface area contributed by atoms with Gasteiger partial charge >= 0.3 is 0 Å². The summed E-state index contributed by atoms with van der Waals surface area (Å²) >= 11 is 1.60. The van der Waals surface area contributed by atoms with Crippen molar-refractivity contribution in [2.45, 2.75) is 25.4 Å². The van der Waals surface area contributed by atoms with E-state index in [0.717, 1.165) is 18.5 Å². The largest absolute Gasteiger partial charge is 0.374 e. The summed E-state index contributed by atoms with van der Waals surface area (Å²) < 4.78 is 5.93. The fourth-order valence-electron chi connectivity index (χ4n) is 3.43. The van der Waals surface area contributed by atoms with Gasteiger partial charge in [0.1, 0.15) is 0 Å². The van der Waals surface area contributed by atoms with Gasteiger partial charge < -0.3 is 14.5 Å². The molecule has 5 nitrogen and oxygen atoms in total. The molecule has 2 amide bonds.